The maximum atomic E-state index is 12.8. The minimum atomic E-state index is -1.22. The number of pyridine rings is 1. The van der Waals surface area contributed by atoms with Gasteiger partial charge in [0, 0.05) is 53.9 Å². The first-order valence-corrected chi connectivity index (χ1v) is 13.6. The smallest absolute Gasteiger partial charge is 0.341 e. The Kier molecular flexibility index (Phi) is 7.19. The molecule has 196 valence electrons. The lowest BCUT2D eigenvalue weighted by atomic mass is 9.86. The average Bonchev–Trinajstić information content (AvgIpc) is 3.41. The van der Waals surface area contributed by atoms with E-state index in [-0.39, 0.29) is 17.5 Å². The number of nitrogens with zero attached hydrogens (tertiary/aromatic N) is 2. The molecule has 2 aromatic heterocycles. The van der Waals surface area contributed by atoms with Crippen LogP contribution >= 0.6 is 11.3 Å². The number of aromatic carboxylic acids is 1. The van der Waals surface area contributed by atoms with Gasteiger partial charge in [0.15, 0.2) is 11.7 Å². The first-order chi connectivity index (χ1) is 18.3. The molecule has 0 aliphatic carbocycles. The standard InChI is InChI=1S/C30H30N2O5S/c1-5-28(36-4)37-27-12-19-11-24(17(2)3)32-15-22(30(34)35)26(33)14-25(32)20(19)13-21(27)23-16-38-29(31-23)18-9-7-6-8-10-18/h6-10,12-17,24,28H,5,11H2,1-4H3,(H,34,35). The Labute approximate surface area is 225 Å². The third-order valence-corrected chi connectivity index (χ3v) is 7.89. The number of ether oxygens (including phenoxy) is 2. The van der Waals surface area contributed by atoms with E-state index in [0.717, 1.165) is 33.0 Å². The van der Waals surface area contributed by atoms with Crippen molar-refractivity contribution in [3.8, 4) is 38.8 Å². The van der Waals surface area contributed by atoms with Gasteiger partial charge in [-0.05, 0) is 30.0 Å². The lowest BCUT2D eigenvalue weighted by molar-refractivity contribution is -0.0545. The van der Waals surface area contributed by atoms with Crippen molar-refractivity contribution in [3.05, 3.63) is 81.5 Å². The zero-order valence-electron chi connectivity index (χ0n) is 21.8. The molecule has 0 fully saturated rings. The zero-order chi connectivity index (χ0) is 27.0. The van der Waals surface area contributed by atoms with E-state index in [2.05, 4.69) is 13.8 Å². The van der Waals surface area contributed by atoms with E-state index >= 15 is 0 Å². The summed E-state index contributed by atoms with van der Waals surface area (Å²) in [4.78, 5) is 29.4. The second-order valence-electron chi connectivity index (χ2n) is 9.77. The molecule has 0 radical (unpaired) electrons. The van der Waals surface area contributed by atoms with Gasteiger partial charge < -0.3 is 19.1 Å². The molecule has 1 aliphatic heterocycles. The maximum Gasteiger partial charge on any atom is 0.341 e. The highest BCUT2D eigenvalue weighted by molar-refractivity contribution is 7.13. The second-order valence-corrected chi connectivity index (χ2v) is 10.6. The largest absolute Gasteiger partial charge is 0.477 e. The number of hydrogen-bond donors (Lipinski definition) is 1. The third kappa shape index (κ3) is 4.77. The van der Waals surface area contributed by atoms with E-state index in [1.165, 1.54) is 12.3 Å². The molecule has 0 spiro atoms. The Balaban J connectivity index is 1.71. The Hall–Kier alpha value is -3.75. The zero-order valence-corrected chi connectivity index (χ0v) is 22.6. The topological polar surface area (TPSA) is 90.7 Å². The molecule has 38 heavy (non-hydrogen) atoms. The van der Waals surface area contributed by atoms with Gasteiger partial charge in [-0.2, -0.15) is 0 Å². The number of thiazole rings is 1. The van der Waals surface area contributed by atoms with Crippen LogP contribution < -0.4 is 10.2 Å². The number of fused-ring (bicyclic) bond motifs is 3. The minimum absolute atomic E-state index is 0.0109. The van der Waals surface area contributed by atoms with Gasteiger partial charge in [-0.3, -0.25) is 4.79 Å². The third-order valence-electron chi connectivity index (χ3n) is 7.00. The number of carbonyl (C=O) groups is 1. The van der Waals surface area contributed by atoms with Crippen molar-refractivity contribution >= 4 is 17.3 Å². The van der Waals surface area contributed by atoms with Crippen molar-refractivity contribution in [2.45, 2.75) is 45.9 Å². The predicted molar refractivity (Wildman–Crippen MR) is 149 cm³/mol. The predicted octanol–water partition coefficient (Wildman–Crippen LogP) is 6.52. The number of rotatable bonds is 8. The maximum absolute atomic E-state index is 12.8. The van der Waals surface area contributed by atoms with E-state index in [1.54, 1.807) is 18.4 Å². The summed E-state index contributed by atoms with van der Waals surface area (Å²) in [5.41, 5.74) is 4.47. The summed E-state index contributed by atoms with van der Waals surface area (Å²) in [6.45, 7) is 6.20. The molecule has 1 N–H and O–H groups in total. The molecule has 1 aliphatic rings. The van der Waals surface area contributed by atoms with Gasteiger partial charge in [-0.1, -0.05) is 51.1 Å². The molecule has 8 heteroatoms. The number of aromatic nitrogens is 2. The minimum Gasteiger partial charge on any atom is -0.477 e. The molecule has 0 saturated heterocycles. The summed E-state index contributed by atoms with van der Waals surface area (Å²) in [6.07, 6.45) is 2.42. The lowest BCUT2D eigenvalue weighted by Gasteiger charge is -2.34. The molecule has 5 rings (SSSR count). The summed E-state index contributed by atoms with van der Waals surface area (Å²) in [5.74, 6) is -0.337. The van der Waals surface area contributed by atoms with E-state index < -0.39 is 17.7 Å². The fourth-order valence-electron chi connectivity index (χ4n) is 4.96. The summed E-state index contributed by atoms with van der Waals surface area (Å²) in [7, 11) is 1.63. The van der Waals surface area contributed by atoms with Crippen molar-refractivity contribution < 1.29 is 19.4 Å². The number of carboxylic acid groups (broad SMARTS) is 1. The van der Waals surface area contributed by atoms with Crippen molar-refractivity contribution in [1.82, 2.24) is 9.55 Å². The van der Waals surface area contributed by atoms with Crippen LogP contribution in [0.5, 0.6) is 5.75 Å². The monoisotopic (exact) mass is 530 g/mol. The van der Waals surface area contributed by atoms with Crippen LogP contribution in [-0.2, 0) is 11.2 Å². The van der Waals surface area contributed by atoms with Crippen molar-refractivity contribution in [2.75, 3.05) is 7.11 Å². The molecule has 2 aromatic carbocycles. The fraction of sp³-hybridized carbons (Fsp3) is 0.300. The molecule has 0 saturated carbocycles. The van der Waals surface area contributed by atoms with Crippen LogP contribution in [0.1, 0.15) is 49.2 Å². The Morgan fingerprint density at radius 1 is 1.18 bits per heavy atom. The Bertz CT molecular complexity index is 1540. The average molecular weight is 531 g/mol. The fourth-order valence-corrected chi connectivity index (χ4v) is 5.78. The van der Waals surface area contributed by atoms with Gasteiger partial charge in [-0.25, -0.2) is 9.78 Å². The van der Waals surface area contributed by atoms with E-state index in [4.69, 9.17) is 14.5 Å². The second kappa shape index (κ2) is 10.6. The summed E-state index contributed by atoms with van der Waals surface area (Å²) >= 11 is 1.55. The van der Waals surface area contributed by atoms with Gasteiger partial charge in [0.2, 0.25) is 0 Å². The van der Waals surface area contributed by atoms with Crippen molar-refractivity contribution in [3.63, 3.8) is 0 Å². The van der Waals surface area contributed by atoms with Crippen molar-refractivity contribution in [1.29, 1.82) is 0 Å². The highest BCUT2D eigenvalue weighted by Gasteiger charge is 2.30. The summed E-state index contributed by atoms with van der Waals surface area (Å²) in [6, 6.07) is 15.5. The van der Waals surface area contributed by atoms with Gasteiger partial charge in [0.25, 0.3) is 0 Å². The van der Waals surface area contributed by atoms with Crippen LogP contribution in [0.3, 0.4) is 0 Å². The van der Waals surface area contributed by atoms with Gasteiger partial charge in [0.1, 0.15) is 16.3 Å². The van der Waals surface area contributed by atoms with E-state index in [9.17, 15) is 14.7 Å². The van der Waals surface area contributed by atoms with Crippen molar-refractivity contribution in [2.24, 2.45) is 5.92 Å². The lowest BCUT2D eigenvalue weighted by Crippen LogP contribution is -2.28. The van der Waals surface area contributed by atoms with Gasteiger partial charge in [0.05, 0.1) is 11.4 Å². The summed E-state index contributed by atoms with van der Waals surface area (Å²) in [5, 5.41) is 12.5. The molecule has 2 atom stereocenters. The van der Waals surface area contributed by atoms with Crippen LogP contribution in [0, 0.1) is 5.92 Å². The highest BCUT2D eigenvalue weighted by Crippen LogP contribution is 2.44. The molecule has 4 aromatic rings. The van der Waals surface area contributed by atoms with E-state index in [0.29, 0.717) is 24.3 Å². The first kappa shape index (κ1) is 25.9. The summed E-state index contributed by atoms with van der Waals surface area (Å²) < 4.78 is 13.8. The van der Waals surface area contributed by atoms with Crippen LogP contribution in [0.2, 0.25) is 0 Å². The molecule has 7 nitrogen and oxygen atoms in total. The van der Waals surface area contributed by atoms with Gasteiger partial charge in [-0.15, -0.1) is 11.3 Å². The molecule has 0 amide bonds. The van der Waals surface area contributed by atoms with Crippen LogP contribution in [0.25, 0.3) is 33.1 Å². The van der Waals surface area contributed by atoms with Gasteiger partial charge >= 0.3 is 5.97 Å². The number of hydrogen-bond acceptors (Lipinski definition) is 6. The van der Waals surface area contributed by atoms with E-state index in [1.807, 2.05) is 59.3 Å². The molecule has 3 heterocycles. The Morgan fingerprint density at radius 3 is 2.61 bits per heavy atom. The molecule has 0 bridgehead atoms. The quantitative estimate of drug-likeness (QED) is 0.261. The molecule has 2 unspecified atom stereocenters. The van der Waals surface area contributed by atoms with Crippen LogP contribution in [0.4, 0.5) is 0 Å². The highest BCUT2D eigenvalue weighted by atomic mass is 32.1. The number of benzene rings is 2. The first-order valence-electron chi connectivity index (χ1n) is 12.7. The normalized spacial score (nSPS) is 15.1. The van der Waals surface area contributed by atoms with Crippen LogP contribution in [-0.4, -0.2) is 34.0 Å². The number of methoxy groups -OCH3 is 1. The number of carboxylic acids is 1. The molecular weight excluding hydrogens is 500 g/mol. The SMILES string of the molecule is CCC(OC)Oc1cc2c(cc1-c1csc(-c3ccccc3)n1)-c1cc(=O)c(C(=O)O)cn1C(C(C)C)C2. The molecular formula is C30H30N2O5S. The van der Waals surface area contributed by atoms with Crippen LogP contribution in [0.15, 0.2) is 64.9 Å². The Morgan fingerprint density at radius 2 is 1.95 bits per heavy atom.